The minimum atomic E-state index is 0.643. The Hall–Kier alpha value is -6.77. The van der Waals surface area contributed by atoms with Crippen molar-refractivity contribution in [1.29, 1.82) is 0 Å². The van der Waals surface area contributed by atoms with Crippen LogP contribution in [-0.2, 0) is 0 Å². The molecule has 11 rings (SSSR count). The highest BCUT2D eigenvalue weighted by atomic mass is 16.3. The molecule has 0 fully saturated rings. The van der Waals surface area contributed by atoms with Gasteiger partial charge in [-0.25, -0.2) is 4.98 Å². The van der Waals surface area contributed by atoms with Crippen LogP contribution in [0, 0.1) is 0 Å². The van der Waals surface area contributed by atoms with Gasteiger partial charge in [-0.3, -0.25) is 0 Å². The van der Waals surface area contributed by atoms with E-state index >= 15 is 0 Å². The molecule has 0 saturated carbocycles. The Kier molecular flexibility index (Phi) is 5.99. The summed E-state index contributed by atoms with van der Waals surface area (Å²) in [7, 11) is 0. The maximum absolute atomic E-state index is 6.51. The molecule has 0 aliphatic rings. The van der Waals surface area contributed by atoms with E-state index in [0.717, 1.165) is 32.8 Å². The summed E-state index contributed by atoms with van der Waals surface area (Å²) in [5.74, 6) is 0.643. The molecule has 51 heavy (non-hydrogen) atoms. The van der Waals surface area contributed by atoms with E-state index in [1.807, 2.05) is 30.3 Å². The quantitative estimate of drug-likeness (QED) is 0.141. The van der Waals surface area contributed by atoms with Crippen LogP contribution in [-0.4, -0.2) is 4.98 Å². The highest BCUT2D eigenvalue weighted by Gasteiger charge is 2.20. The molecule has 11 aromatic rings. The molecular formula is C49H29NO. The lowest BCUT2D eigenvalue weighted by Gasteiger charge is -2.20. The normalized spacial score (nSPS) is 11.9. The van der Waals surface area contributed by atoms with Crippen LogP contribution in [0.4, 0.5) is 0 Å². The zero-order valence-electron chi connectivity index (χ0n) is 27.6. The minimum absolute atomic E-state index is 0.643. The molecule has 0 unspecified atom stereocenters. The predicted molar refractivity (Wildman–Crippen MR) is 215 cm³/mol. The molecule has 0 N–H and O–H groups in total. The molecule has 0 saturated heterocycles. The van der Waals surface area contributed by atoms with Gasteiger partial charge in [-0.15, -0.1) is 0 Å². The number of aromatic nitrogens is 1. The van der Waals surface area contributed by atoms with Gasteiger partial charge in [0, 0.05) is 10.9 Å². The average Bonchev–Trinajstić information content (AvgIpc) is 3.65. The molecule has 10 aromatic carbocycles. The lowest BCUT2D eigenvalue weighted by molar-refractivity contribution is 0.623. The van der Waals surface area contributed by atoms with Crippen LogP contribution in [0.15, 0.2) is 180 Å². The highest BCUT2D eigenvalue weighted by Crippen LogP contribution is 2.47. The molecule has 0 amide bonds. The second-order valence-corrected chi connectivity index (χ2v) is 13.4. The Labute approximate surface area is 293 Å². The number of oxazole rings is 1. The van der Waals surface area contributed by atoms with Crippen LogP contribution in [0.3, 0.4) is 0 Å². The molecule has 0 atom stereocenters. The monoisotopic (exact) mass is 647 g/mol. The summed E-state index contributed by atoms with van der Waals surface area (Å²) in [6.45, 7) is 0. The summed E-state index contributed by atoms with van der Waals surface area (Å²) >= 11 is 0. The first-order valence-corrected chi connectivity index (χ1v) is 17.5. The smallest absolute Gasteiger partial charge is 0.227 e. The molecule has 1 aromatic heterocycles. The predicted octanol–water partition coefficient (Wildman–Crippen LogP) is 13.7. The standard InChI is InChI=1S/C49H29NO/c1-2-12-31(13-3-1)49-50-44-27-25-30-22-23-33-28-34(24-26-36(33)46(30)48(44)51-49)45-39-18-8-10-20-41(39)47(42-21-11-9-19-40(42)45)43-29-32-14-4-5-15-35(32)37-16-6-7-17-38(37)43/h1-29H. The van der Waals surface area contributed by atoms with Crippen molar-refractivity contribution in [3.63, 3.8) is 0 Å². The number of hydrogen-bond donors (Lipinski definition) is 0. The number of nitrogens with zero attached hydrogens (tertiary/aromatic N) is 1. The van der Waals surface area contributed by atoms with Gasteiger partial charge in [-0.1, -0.05) is 146 Å². The first kappa shape index (κ1) is 28.1. The van der Waals surface area contributed by atoms with Gasteiger partial charge < -0.3 is 4.42 Å². The SMILES string of the molecule is c1ccc(-c2nc3ccc4ccc5cc(-c6c7ccccc7c(-c7cc8ccccc8c8ccccc78)c7ccccc67)ccc5c4c3o2)cc1. The Balaban J connectivity index is 1.18. The van der Waals surface area contributed by atoms with Gasteiger partial charge >= 0.3 is 0 Å². The van der Waals surface area contributed by atoms with Crippen LogP contribution >= 0.6 is 0 Å². The molecule has 236 valence electrons. The summed E-state index contributed by atoms with van der Waals surface area (Å²) in [4.78, 5) is 4.88. The van der Waals surface area contributed by atoms with Crippen molar-refractivity contribution in [3.05, 3.63) is 176 Å². The number of benzene rings is 10. The Bertz CT molecular complexity index is 3130. The van der Waals surface area contributed by atoms with Gasteiger partial charge in [0.1, 0.15) is 5.52 Å². The van der Waals surface area contributed by atoms with Crippen molar-refractivity contribution in [2.45, 2.75) is 0 Å². The third-order valence-electron chi connectivity index (χ3n) is 10.6. The van der Waals surface area contributed by atoms with Crippen LogP contribution in [0.2, 0.25) is 0 Å². The summed E-state index contributed by atoms with van der Waals surface area (Å²) in [5, 5.41) is 14.6. The van der Waals surface area contributed by atoms with E-state index in [1.54, 1.807) is 0 Å². The Morgan fingerprint density at radius 1 is 0.353 bits per heavy atom. The van der Waals surface area contributed by atoms with Gasteiger partial charge in [0.25, 0.3) is 0 Å². The molecule has 2 heteroatoms. The number of hydrogen-bond acceptors (Lipinski definition) is 2. The first-order chi connectivity index (χ1) is 25.3. The van der Waals surface area contributed by atoms with Crippen molar-refractivity contribution in [2.24, 2.45) is 0 Å². The zero-order valence-corrected chi connectivity index (χ0v) is 27.6. The third-order valence-corrected chi connectivity index (χ3v) is 10.6. The maximum atomic E-state index is 6.51. The zero-order chi connectivity index (χ0) is 33.5. The third kappa shape index (κ3) is 4.20. The summed E-state index contributed by atoms with van der Waals surface area (Å²) in [5.41, 5.74) is 7.66. The van der Waals surface area contributed by atoms with E-state index < -0.39 is 0 Å². The molecular weight excluding hydrogens is 619 g/mol. The fraction of sp³-hybridized carbons (Fsp3) is 0. The lowest BCUT2D eigenvalue weighted by atomic mass is 9.83. The molecule has 0 spiro atoms. The number of fused-ring (bicyclic) bond motifs is 10. The largest absolute Gasteiger partial charge is 0.435 e. The first-order valence-electron chi connectivity index (χ1n) is 17.5. The van der Waals surface area contributed by atoms with Crippen molar-refractivity contribution in [1.82, 2.24) is 4.98 Å². The molecule has 0 bridgehead atoms. The number of rotatable bonds is 3. The van der Waals surface area contributed by atoms with Crippen molar-refractivity contribution >= 4 is 75.7 Å². The van der Waals surface area contributed by atoms with E-state index in [1.165, 1.54) is 70.7 Å². The maximum Gasteiger partial charge on any atom is 0.227 e. The van der Waals surface area contributed by atoms with Gasteiger partial charge in [-0.2, -0.15) is 0 Å². The van der Waals surface area contributed by atoms with Gasteiger partial charge in [0.05, 0.1) is 0 Å². The van der Waals surface area contributed by atoms with Gasteiger partial charge in [0.15, 0.2) is 5.58 Å². The van der Waals surface area contributed by atoms with Crippen LogP contribution in [0.25, 0.3) is 109 Å². The van der Waals surface area contributed by atoms with Crippen LogP contribution in [0.5, 0.6) is 0 Å². The lowest BCUT2D eigenvalue weighted by Crippen LogP contribution is -1.92. The van der Waals surface area contributed by atoms with E-state index in [4.69, 9.17) is 9.40 Å². The van der Waals surface area contributed by atoms with Crippen LogP contribution in [0.1, 0.15) is 0 Å². The molecule has 1 heterocycles. The van der Waals surface area contributed by atoms with Gasteiger partial charge in [0.2, 0.25) is 5.89 Å². The summed E-state index contributed by atoms with van der Waals surface area (Å²) < 4.78 is 6.51. The Morgan fingerprint density at radius 2 is 0.922 bits per heavy atom. The highest BCUT2D eigenvalue weighted by molar-refractivity contribution is 6.26. The topological polar surface area (TPSA) is 26.0 Å². The van der Waals surface area contributed by atoms with Crippen molar-refractivity contribution in [3.8, 4) is 33.7 Å². The molecule has 0 aliphatic carbocycles. The summed E-state index contributed by atoms with van der Waals surface area (Å²) in [6.07, 6.45) is 0. The molecule has 0 aliphatic heterocycles. The van der Waals surface area contributed by atoms with Crippen molar-refractivity contribution in [2.75, 3.05) is 0 Å². The second-order valence-electron chi connectivity index (χ2n) is 13.4. The van der Waals surface area contributed by atoms with Crippen molar-refractivity contribution < 1.29 is 4.42 Å². The van der Waals surface area contributed by atoms with E-state index in [-0.39, 0.29) is 0 Å². The van der Waals surface area contributed by atoms with E-state index in [9.17, 15) is 0 Å². The van der Waals surface area contributed by atoms with Gasteiger partial charge in [-0.05, 0) is 112 Å². The average molecular weight is 648 g/mol. The Morgan fingerprint density at radius 3 is 1.67 bits per heavy atom. The fourth-order valence-corrected chi connectivity index (χ4v) is 8.38. The fourth-order valence-electron chi connectivity index (χ4n) is 8.38. The van der Waals surface area contributed by atoms with Crippen LogP contribution < -0.4 is 0 Å². The summed E-state index contributed by atoms with van der Waals surface area (Å²) in [6, 6.07) is 63.5. The molecule has 0 radical (unpaired) electrons. The van der Waals surface area contributed by atoms with E-state index in [0.29, 0.717) is 5.89 Å². The van der Waals surface area contributed by atoms with E-state index in [2.05, 4.69) is 146 Å². The minimum Gasteiger partial charge on any atom is -0.435 e. The molecule has 2 nitrogen and oxygen atoms in total. The second kappa shape index (κ2) is 10.9.